The molecule has 2 aromatic heterocycles. The largest absolute Gasteiger partial charge is 0.494 e. The third-order valence-corrected chi connectivity index (χ3v) is 6.01. The number of amides is 2. The fourth-order valence-electron chi connectivity index (χ4n) is 3.36. The second-order valence-electron chi connectivity index (χ2n) is 7.36. The number of rotatable bonds is 10. The van der Waals surface area contributed by atoms with Gasteiger partial charge < -0.3 is 14.5 Å². The maximum atomic E-state index is 13.2. The van der Waals surface area contributed by atoms with E-state index < -0.39 is 0 Å². The van der Waals surface area contributed by atoms with Crippen molar-refractivity contribution in [3.8, 4) is 5.75 Å². The van der Waals surface area contributed by atoms with Crippen LogP contribution in [0.4, 0.5) is 5.13 Å². The minimum Gasteiger partial charge on any atom is -0.494 e. The number of ether oxygens (including phenoxy) is 1. The van der Waals surface area contributed by atoms with Crippen molar-refractivity contribution in [1.29, 1.82) is 0 Å². The van der Waals surface area contributed by atoms with Gasteiger partial charge in [-0.15, -0.1) is 0 Å². The van der Waals surface area contributed by atoms with Crippen molar-refractivity contribution in [1.82, 2.24) is 10.3 Å². The number of carbonyl (C=O) groups is 2. The third-order valence-electron chi connectivity index (χ3n) is 4.97. The van der Waals surface area contributed by atoms with Crippen molar-refractivity contribution in [2.45, 2.75) is 26.3 Å². The molecule has 0 saturated carbocycles. The molecule has 1 N–H and O–H groups in total. The lowest BCUT2D eigenvalue weighted by molar-refractivity contribution is -0.118. The number of anilines is 1. The number of hydrogen-bond donors (Lipinski definition) is 1. The van der Waals surface area contributed by atoms with Crippen LogP contribution in [0.1, 0.15) is 35.9 Å². The number of nitrogens with zero attached hydrogens (tertiary/aromatic N) is 2. The Hall–Kier alpha value is -3.65. The van der Waals surface area contributed by atoms with Gasteiger partial charge in [0, 0.05) is 13.0 Å². The van der Waals surface area contributed by atoms with Gasteiger partial charge in [0.05, 0.1) is 29.6 Å². The molecule has 0 saturated heterocycles. The number of fused-ring (bicyclic) bond motifs is 1. The molecule has 0 spiro atoms. The zero-order valence-electron chi connectivity index (χ0n) is 18.3. The SMILES string of the molecule is CCOc1ccc2nc(N(Cc3ccccc3)C(=O)CCCNC(=O)c3ccco3)sc2c1. The minimum atomic E-state index is -0.287. The van der Waals surface area contributed by atoms with Crippen LogP contribution in [-0.4, -0.2) is 29.9 Å². The predicted molar refractivity (Wildman–Crippen MR) is 129 cm³/mol. The van der Waals surface area contributed by atoms with E-state index in [2.05, 4.69) is 5.32 Å². The summed E-state index contributed by atoms with van der Waals surface area (Å²) in [5.41, 5.74) is 1.85. The first-order valence-corrected chi connectivity index (χ1v) is 11.6. The van der Waals surface area contributed by atoms with Gasteiger partial charge in [0.15, 0.2) is 10.9 Å². The standard InChI is InChI=1S/C25H25N3O4S/c1-2-31-19-12-13-20-22(16-19)33-25(27-20)28(17-18-8-4-3-5-9-18)23(29)11-6-14-26-24(30)21-10-7-15-32-21/h3-5,7-10,12-13,15-16H,2,6,11,14,17H2,1H3,(H,26,30). The monoisotopic (exact) mass is 463 g/mol. The summed E-state index contributed by atoms with van der Waals surface area (Å²) in [7, 11) is 0. The van der Waals surface area contributed by atoms with Crippen LogP contribution < -0.4 is 15.0 Å². The van der Waals surface area contributed by atoms with Gasteiger partial charge in [-0.05, 0) is 49.2 Å². The van der Waals surface area contributed by atoms with Gasteiger partial charge >= 0.3 is 0 Å². The number of furan rings is 1. The fraction of sp³-hybridized carbons (Fsp3) is 0.240. The van der Waals surface area contributed by atoms with Gasteiger partial charge in [0.2, 0.25) is 5.91 Å². The van der Waals surface area contributed by atoms with Crippen LogP contribution in [0.25, 0.3) is 10.2 Å². The lowest BCUT2D eigenvalue weighted by Crippen LogP contribution is -2.31. The van der Waals surface area contributed by atoms with E-state index in [1.807, 2.05) is 55.5 Å². The molecule has 0 aliphatic carbocycles. The maximum Gasteiger partial charge on any atom is 0.286 e. The molecule has 0 aliphatic heterocycles. The zero-order chi connectivity index (χ0) is 23.0. The summed E-state index contributed by atoms with van der Waals surface area (Å²) >= 11 is 1.47. The summed E-state index contributed by atoms with van der Waals surface area (Å²) in [6.45, 7) is 3.34. The summed E-state index contributed by atoms with van der Waals surface area (Å²) < 4.78 is 11.6. The van der Waals surface area contributed by atoms with Crippen LogP contribution in [0.3, 0.4) is 0 Å². The second-order valence-corrected chi connectivity index (χ2v) is 8.37. The Kier molecular flexibility index (Phi) is 7.36. The van der Waals surface area contributed by atoms with Gasteiger partial charge in [-0.2, -0.15) is 0 Å². The number of thiazole rings is 1. The smallest absolute Gasteiger partial charge is 0.286 e. The Morgan fingerprint density at radius 3 is 2.73 bits per heavy atom. The summed E-state index contributed by atoms with van der Waals surface area (Å²) in [5, 5.41) is 3.42. The molecule has 8 heteroatoms. The van der Waals surface area contributed by atoms with Gasteiger partial charge in [-0.1, -0.05) is 41.7 Å². The highest BCUT2D eigenvalue weighted by Gasteiger charge is 2.20. The minimum absolute atomic E-state index is 0.0461. The Balaban J connectivity index is 1.46. The van der Waals surface area contributed by atoms with Crippen molar-refractivity contribution in [3.05, 3.63) is 78.3 Å². The second kappa shape index (κ2) is 10.8. The molecule has 2 heterocycles. The van der Waals surface area contributed by atoms with E-state index in [9.17, 15) is 9.59 Å². The Labute approximate surface area is 196 Å². The zero-order valence-corrected chi connectivity index (χ0v) is 19.1. The van der Waals surface area contributed by atoms with E-state index in [1.54, 1.807) is 17.0 Å². The molecule has 4 rings (SSSR count). The van der Waals surface area contributed by atoms with Crippen molar-refractivity contribution in [2.75, 3.05) is 18.1 Å². The molecule has 0 aliphatic rings. The van der Waals surface area contributed by atoms with Crippen molar-refractivity contribution < 1.29 is 18.7 Å². The number of benzene rings is 2. The molecule has 4 aromatic rings. The van der Waals surface area contributed by atoms with Gasteiger partial charge in [-0.3, -0.25) is 14.5 Å². The van der Waals surface area contributed by atoms with Crippen LogP contribution in [0.15, 0.2) is 71.3 Å². The summed E-state index contributed by atoms with van der Waals surface area (Å²) in [6, 6.07) is 18.9. The number of carbonyl (C=O) groups excluding carboxylic acids is 2. The molecule has 2 amide bonds. The van der Waals surface area contributed by atoms with E-state index in [-0.39, 0.29) is 24.0 Å². The maximum absolute atomic E-state index is 13.2. The summed E-state index contributed by atoms with van der Waals surface area (Å²) in [4.78, 5) is 31.6. The van der Waals surface area contributed by atoms with Crippen LogP contribution in [0.5, 0.6) is 5.75 Å². The van der Waals surface area contributed by atoms with Crippen LogP contribution in [-0.2, 0) is 11.3 Å². The normalized spacial score (nSPS) is 10.8. The average molecular weight is 464 g/mol. The fourth-order valence-corrected chi connectivity index (χ4v) is 4.38. The quantitative estimate of drug-likeness (QED) is 0.333. The van der Waals surface area contributed by atoms with Crippen LogP contribution in [0.2, 0.25) is 0 Å². The van der Waals surface area contributed by atoms with Gasteiger partial charge in [0.25, 0.3) is 5.91 Å². The topological polar surface area (TPSA) is 84.7 Å². The lowest BCUT2D eigenvalue weighted by atomic mass is 10.2. The Morgan fingerprint density at radius 1 is 1.12 bits per heavy atom. The first-order valence-electron chi connectivity index (χ1n) is 10.8. The Morgan fingerprint density at radius 2 is 1.97 bits per heavy atom. The van der Waals surface area contributed by atoms with Gasteiger partial charge in [-0.25, -0.2) is 4.98 Å². The molecule has 2 aromatic carbocycles. The molecule has 7 nitrogen and oxygen atoms in total. The first-order chi connectivity index (χ1) is 16.1. The molecule has 0 fully saturated rings. The number of hydrogen-bond acceptors (Lipinski definition) is 6. The van der Waals surface area contributed by atoms with Crippen molar-refractivity contribution in [2.24, 2.45) is 0 Å². The predicted octanol–water partition coefficient (Wildman–Crippen LogP) is 5.03. The molecule has 170 valence electrons. The summed E-state index contributed by atoms with van der Waals surface area (Å²) in [5.74, 6) is 0.710. The van der Waals surface area contributed by atoms with E-state index in [1.165, 1.54) is 17.6 Å². The van der Waals surface area contributed by atoms with E-state index in [0.717, 1.165) is 21.5 Å². The molecule has 0 bridgehead atoms. The highest BCUT2D eigenvalue weighted by molar-refractivity contribution is 7.22. The third kappa shape index (κ3) is 5.78. The number of aromatic nitrogens is 1. The van der Waals surface area contributed by atoms with Crippen LogP contribution >= 0.6 is 11.3 Å². The van der Waals surface area contributed by atoms with Crippen molar-refractivity contribution >= 4 is 38.5 Å². The first kappa shape index (κ1) is 22.5. The Bertz CT molecular complexity index is 1210. The molecular formula is C25H25N3O4S. The van der Waals surface area contributed by atoms with E-state index in [4.69, 9.17) is 14.1 Å². The van der Waals surface area contributed by atoms with Crippen LogP contribution in [0, 0.1) is 0 Å². The highest BCUT2D eigenvalue weighted by Crippen LogP contribution is 2.32. The average Bonchev–Trinajstić information content (AvgIpc) is 3.51. The molecule has 0 radical (unpaired) electrons. The molecule has 0 atom stereocenters. The lowest BCUT2D eigenvalue weighted by Gasteiger charge is -2.20. The number of nitrogens with one attached hydrogen (secondary N) is 1. The van der Waals surface area contributed by atoms with E-state index in [0.29, 0.717) is 31.2 Å². The van der Waals surface area contributed by atoms with Gasteiger partial charge in [0.1, 0.15) is 5.75 Å². The molecule has 0 unspecified atom stereocenters. The highest BCUT2D eigenvalue weighted by atomic mass is 32.1. The van der Waals surface area contributed by atoms with E-state index >= 15 is 0 Å². The van der Waals surface area contributed by atoms with Crippen molar-refractivity contribution in [3.63, 3.8) is 0 Å². The molecule has 33 heavy (non-hydrogen) atoms. The molecular weight excluding hydrogens is 438 g/mol. The summed E-state index contributed by atoms with van der Waals surface area (Å²) in [6.07, 6.45) is 2.25.